The SMILES string of the molecule is CCCCNCCn1cnc(C)c(Br)c1=O. The second-order valence-electron chi connectivity index (χ2n) is 3.75. The smallest absolute Gasteiger partial charge is 0.267 e. The summed E-state index contributed by atoms with van der Waals surface area (Å²) in [6.45, 7) is 6.44. The van der Waals surface area contributed by atoms with Gasteiger partial charge in [-0.3, -0.25) is 9.36 Å². The van der Waals surface area contributed by atoms with Crippen molar-refractivity contribution in [1.82, 2.24) is 14.9 Å². The quantitative estimate of drug-likeness (QED) is 0.811. The summed E-state index contributed by atoms with van der Waals surface area (Å²) in [6.07, 6.45) is 3.96. The first-order valence-electron chi connectivity index (χ1n) is 5.59. The van der Waals surface area contributed by atoms with Crippen molar-refractivity contribution in [2.24, 2.45) is 0 Å². The minimum atomic E-state index is -0.00945. The molecule has 0 atom stereocenters. The van der Waals surface area contributed by atoms with E-state index in [9.17, 15) is 4.79 Å². The second kappa shape index (κ2) is 6.81. The molecule has 0 spiro atoms. The lowest BCUT2D eigenvalue weighted by Gasteiger charge is -2.07. The van der Waals surface area contributed by atoms with Crippen LogP contribution in [0.15, 0.2) is 15.6 Å². The van der Waals surface area contributed by atoms with Gasteiger partial charge >= 0.3 is 0 Å². The molecule has 0 aliphatic heterocycles. The van der Waals surface area contributed by atoms with Gasteiger partial charge in [0.05, 0.1) is 12.0 Å². The third kappa shape index (κ3) is 3.72. The average molecular weight is 288 g/mol. The van der Waals surface area contributed by atoms with E-state index in [-0.39, 0.29) is 5.56 Å². The summed E-state index contributed by atoms with van der Waals surface area (Å²) in [7, 11) is 0. The van der Waals surface area contributed by atoms with Gasteiger partial charge in [-0.05, 0) is 35.8 Å². The molecular formula is C11H18BrN3O. The molecule has 90 valence electrons. The number of nitrogens with zero attached hydrogens (tertiary/aromatic N) is 2. The lowest BCUT2D eigenvalue weighted by atomic mass is 10.3. The van der Waals surface area contributed by atoms with Crippen LogP contribution < -0.4 is 10.9 Å². The first-order chi connectivity index (χ1) is 7.66. The summed E-state index contributed by atoms with van der Waals surface area (Å²) in [5.41, 5.74) is 0.727. The molecule has 5 heteroatoms. The summed E-state index contributed by atoms with van der Waals surface area (Å²) in [4.78, 5) is 15.9. The van der Waals surface area contributed by atoms with Gasteiger partial charge in [-0.1, -0.05) is 13.3 Å². The van der Waals surface area contributed by atoms with Crippen molar-refractivity contribution >= 4 is 15.9 Å². The molecule has 0 saturated carbocycles. The minimum Gasteiger partial charge on any atom is -0.315 e. The Kier molecular flexibility index (Phi) is 5.69. The number of halogens is 1. The van der Waals surface area contributed by atoms with Crippen LogP contribution in [0.1, 0.15) is 25.5 Å². The normalized spacial score (nSPS) is 10.7. The standard InChI is InChI=1S/C11H18BrN3O/c1-3-4-5-13-6-7-15-8-14-9(2)10(12)11(15)16/h8,13H,3-7H2,1-2H3. The molecule has 0 fully saturated rings. The molecule has 0 radical (unpaired) electrons. The Hall–Kier alpha value is -0.680. The number of aromatic nitrogens is 2. The van der Waals surface area contributed by atoms with E-state index < -0.39 is 0 Å². The van der Waals surface area contributed by atoms with Crippen molar-refractivity contribution in [3.63, 3.8) is 0 Å². The first kappa shape index (κ1) is 13.4. The summed E-state index contributed by atoms with van der Waals surface area (Å²) in [5.74, 6) is 0. The number of hydrogen-bond acceptors (Lipinski definition) is 3. The van der Waals surface area contributed by atoms with E-state index in [4.69, 9.17) is 0 Å². The van der Waals surface area contributed by atoms with Crippen LogP contribution in [0.4, 0.5) is 0 Å². The van der Waals surface area contributed by atoms with E-state index in [2.05, 4.69) is 33.2 Å². The van der Waals surface area contributed by atoms with E-state index in [0.717, 1.165) is 18.8 Å². The lowest BCUT2D eigenvalue weighted by Crippen LogP contribution is -2.28. The van der Waals surface area contributed by atoms with Crippen molar-refractivity contribution < 1.29 is 0 Å². The zero-order valence-corrected chi connectivity index (χ0v) is 11.4. The first-order valence-corrected chi connectivity index (χ1v) is 6.38. The molecule has 0 saturated heterocycles. The number of rotatable bonds is 6. The molecule has 0 aliphatic rings. The molecule has 16 heavy (non-hydrogen) atoms. The fourth-order valence-corrected chi connectivity index (χ4v) is 1.66. The summed E-state index contributed by atoms with van der Waals surface area (Å²) < 4.78 is 2.18. The maximum Gasteiger partial charge on any atom is 0.267 e. The van der Waals surface area contributed by atoms with Gasteiger partial charge in [-0.15, -0.1) is 0 Å². The van der Waals surface area contributed by atoms with Gasteiger partial charge in [0.25, 0.3) is 5.56 Å². The lowest BCUT2D eigenvalue weighted by molar-refractivity contribution is 0.562. The van der Waals surface area contributed by atoms with Crippen LogP contribution in [-0.4, -0.2) is 22.6 Å². The Morgan fingerprint density at radius 1 is 1.50 bits per heavy atom. The minimum absolute atomic E-state index is 0.00945. The summed E-state index contributed by atoms with van der Waals surface area (Å²) in [6, 6.07) is 0. The molecule has 0 bridgehead atoms. The molecule has 4 nitrogen and oxygen atoms in total. The summed E-state index contributed by atoms with van der Waals surface area (Å²) in [5, 5.41) is 3.29. The summed E-state index contributed by atoms with van der Waals surface area (Å²) >= 11 is 3.25. The molecule has 1 N–H and O–H groups in total. The highest BCUT2D eigenvalue weighted by atomic mass is 79.9. The largest absolute Gasteiger partial charge is 0.315 e. The highest BCUT2D eigenvalue weighted by Gasteiger charge is 2.04. The predicted molar refractivity (Wildman–Crippen MR) is 68.7 cm³/mol. The van der Waals surface area contributed by atoms with Crippen LogP contribution in [0.5, 0.6) is 0 Å². The Morgan fingerprint density at radius 2 is 2.25 bits per heavy atom. The van der Waals surface area contributed by atoms with Crippen LogP contribution in [-0.2, 0) is 6.54 Å². The molecule has 1 rings (SSSR count). The predicted octanol–water partition coefficient (Wildman–Crippen LogP) is 1.70. The number of unbranched alkanes of at least 4 members (excludes halogenated alkanes) is 1. The zero-order valence-electron chi connectivity index (χ0n) is 9.79. The molecule has 0 amide bonds. The molecule has 0 aromatic carbocycles. The van der Waals surface area contributed by atoms with Crippen LogP contribution in [0.3, 0.4) is 0 Å². The van der Waals surface area contributed by atoms with E-state index in [1.807, 2.05) is 6.92 Å². The van der Waals surface area contributed by atoms with Gasteiger partial charge in [0.2, 0.25) is 0 Å². The van der Waals surface area contributed by atoms with Crippen molar-refractivity contribution in [1.29, 1.82) is 0 Å². The number of hydrogen-bond donors (Lipinski definition) is 1. The molecule has 0 unspecified atom stereocenters. The van der Waals surface area contributed by atoms with Crippen molar-refractivity contribution in [2.75, 3.05) is 13.1 Å². The highest BCUT2D eigenvalue weighted by Crippen LogP contribution is 2.05. The van der Waals surface area contributed by atoms with Gasteiger partial charge in [0.15, 0.2) is 0 Å². The molecular weight excluding hydrogens is 270 g/mol. The van der Waals surface area contributed by atoms with Gasteiger partial charge in [-0.25, -0.2) is 4.98 Å². The van der Waals surface area contributed by atoms with Crippen LogP contribution in [0.2, 0.25) is 0 Å². The van der Waals surface area contributed by atoms with Crippen LogP contribution in [0.25, 0.3) is 0 Å². The Labute approximate surface area is 104 Å². The van der Waals surface area contributed by atoms with E-state index >= 15 is 0 Å². The van der Waals surface area contributed by atoms with Crippen LogP contribution in [0, 0.1) is 6.92 Å². The maximum absolute atomic E-state index is 11.8. The molecule has 1 heterocycles. The second-order valence-corrected chi connectivity index (χ2v) is 4.54. The van der Waals surface area contributed by atoms with Crippen molar-refractivity contribution in [3.05, 3.63) is 26.8 Å². The Morgan fingerprint density at radius 3 is 2.94 bits per heavy atom. The third-order valence-electron chi connectivity index (χ3n) is 2.39. The highest BCUT2D eigenvalue weighted by molar-refractivity contribution is 9.10. The maximum atomic E-state index is 11.8. The number of nitrogens with one attached hydrogen (secondary N) is 1. The topological polar surface area (TPSA) is 46.9 Å². The van der Waals surface area contributed by atoms with Gasteiger partial charge in [0, 0.05) is 13.1 Å². The molecule has 1 aromatic heterocycles. The fourth-order valence-electron chi connectivity index (χ4n) is 1.33. The monoisotopic (exact) mass is 287 g/mol. The zero-order chi connectivity index (χ0) is 12.0. The van der Waals surface area contributed by atoms with Gasteiger partial charge in [0.1, 0.15) is 4.47 Å². The number of aryl methyl sites for hydroxylation is 1. The van der Waals surface area contributed by atoms with Crippen molar-refractivity contribution in [2.45, 2.75) is 33.2 Å². The van der Waals surface area contributed by atoms with E-state index in [0.29, 0.717) is 11.0 Å². The van der Waals surface area contributed by atoms with E-state index in [1.54, 1.807) is 10.9 Å². The Bertz CT molecular complexity index is 389. The van der Waals surface area contributed by atoms with Gasteiger partial charge < -0.3 is 5.32 Å². The fraction of sp³-hybridized carbons (Fsp3) is 0.636. The van der Waals surface area contributed by atoms with Crippen LogP contribution >= 0.6 is 15.9 Å². The van der Waals surface area contributed by atoms with Crippen molar-refractivity contribution in [3.8, 4) is 0 Å². The van der Waals surface area contributed by atoms with E-state index in [1.165, 1.54) is 12.8 Å². The third-order valence-corrected chi connectivity index (χ3v) is 3.31. The van der Waals surface area contributed by atoms with Gasteiger partial charge in [-0.2, -0.15) is 0 Å². The average Bonchev–Trinajstić information content (AvgIpc) is 2.28. The molecule has 0 aliphatic carbocycles. The molecule has 1 aromatic rings. The Balaban J connectivity index is 2.49.